The highest BCUT2D eigenvalue weighted by Gasteiger charge is 2.32. The molecular formula is C19H21ClN2O5S. The van der Waals surface area contributed by atoms with Crippen LogP contribution in [0.2, 0.25) is 5.02 Å². The van der Waals surface area contributed by atoms with Crippen LogP contribution < -0.4 is 9.62 Å². The lowest BCUT2D eigenvalue weighted by molar-refractivity contribution is -0.117. The molecule has 0 bridgehead atoms. The number of sulfonamides is 1. The van der Waals surface area contributed by atoms with Crippen molar-refractivity contribution in [3.63, 3.8) is 0 Å². The Bertz CT molecular complexity index is 978. The Morgan fingerprint density at radius 3 is 2.43 bits per heavy atom. The van der Waals surface area contributed by atoms with Crippen molar-refractivity contribution in [2.75, 3.05) is 23.0 Å². The maximum atomic E-state index is 13.0. The molecule has 150 valence electrons. The predicted octanol–water partition coefficient (Wildman–Crippen LogP) is 3.31. The zero-order valence-electron chi connectivity index (χ0n) is 15.7. The van der Waals surface area contributed by atoms with E-state index >= 15 is 0 Å². The van der Waals surface area contributed by atoms with Gasteiger partial charge in [-0.15, -0.1) is 0 Å². The van der Waals surface area contributed by atoms with E-state index in [-0.39, 0.29) is 23.4 Å². The van der Waals surface area contributed by atoms with Gasteiger partial charge in [-0.05, 0) is 36.8 Å². The third-order valence-corrected chi connectivity index (χ3v) is 5.40. The maximum absolute atomic E-state index is 13.0. The number of ether oxygens (including phenoxy) is 1. The van der Waals surface area contributed by atoms with Crippen molar-refractivity contribution in [2.45, 2.75) is 19.4 Å². The third kappa shape index (κ3) is 5.02. The van der Waals surface area contributed by atoms with Gasteiger partial charge in [0.25, 0.3) is 0 Å². The van der Waals surface area contributed by atoms with Crippen LogP contribution >= 0.6 is 11.6 Å². The molecule has 9 heteroatoms. The lowest BCUT2D eigenvalue weighted by Crippen LogP contribution is -2.47. The summed E-state index contributed by atoms with van der Waals surface area (Å²) in [5, 5.41) is 2.98. The number of esters is 1. The first-order valence-corrected chi connectivity index (χ1v) is 10.6. The van der Waals surface area contributed by atoms with E-state index in [2.05, 4.69) is 5.32 Å². The van der Waals surface area contributed by atoms with Gasteiger partial charge < -0.3 is 10.1 Å². The lowest BCUT2D eigenvalue weighted by atomic mass is 10.1. The molecule has 0 aromatic heterocycles. The quantitative estimate of drug-likeness (QED) is 0.688. The van der Waals surface area contributed by atoms with Gasteiger partial charge in [-0.2, -0.15) is 0 Å². The van der Waals surface area contributed by atoms with Gasteiger partial charge in [-0.25, -0.2) is 13.2 Å². The van der Waals surface area contributed by atoms with Crippen LogP contribution in [0.4, 0.5) is 11.4 Å². The first-order chi connectivity index (χ1) is 13.2. The van der Waals surface area contributed by atoms with Gasteiger partial charge in [0.05, 0.1) is 30.3 Å². The Labute approximate surface area is 169 Å². The highest BCUT2D eigenvalue weighted by atomic mass is 35.5. The highest BCUT2D eigenvalue weighted by molar-refractivity contribution is 7.92. The van der Waals surface area contributed by atoms with E-state index in [1.165, 1.54) is 19.2 Å². The second kappa shape index (κ2) is 9.07. The normalized spacial score (nSPS) is 12.1. The van der Waals surface area contributed by atoms with Gasteiger partial charge in [0.2, 0.25) is 15.9 Å². The van der Waals surface area contributed by atoms with E-state index in [9.17, 15) is 18.0 Å². The lowest BCUT2D eigenvalue weighted by Gasteiger charge is -2.30. The minimum atomic E-state index is -3.79. The molecule has 2 aromatic rings. The molecule has 1 N–H and O–H groups in total. The Balaban J connectivity index is 2.42. The van der Waals surface area contributed by atoms with Crippen LogP contribution in [0.25, 0.3) is 0 Å². The fraction of sp³-hybridized carbons (Fsp3) is 0.263. The molecular weight excluding hydrogens is 404 g/mol. The van der Waals surface area contributed by atoms with Crippen LogP contribution in [0.5, 0.6) is 0 Å². The molecule has 2 aromatic carbocycles. The number of carbonyl (C=O) groups excluding carboxylic acids is 2. The molecule has 1 atom stereocenters. The minimum Gasteiger partial charge on any atom is -0.465 e. The van der Waals surface area contributed by atoms with Crippen molar-refractivity contribution in [1.82, 2.24) is 0 Å². The Hall–Kier alpha value is -2.58. The summed E-state index contributed by atoms with van der Waals surface area (Å²) in [5.74, 6) is -1.19. The van der Waals surface area contributed by atoms with E-state index in [1.54, 1.807) is 43.3 Å². The molecule has 0 aliphatic rings. The van der Waals surface area contributed by atoms with Crippen molar-refractivity contribution in [1.29, 1.82) is 0 Å². The number of hydrogen-bond acceptors (Lipinski definition) is 5. The average Bonchev–Trinajstić information content (AvgIpc) is 2.64. The minimum absolute atomic E-state index is 0.168. The van der Waals surface area contributed by atoms with Crippen LogP contribution in [0.3, 0.4) is 0 Å². The Morgan fingerprint density at radius 2 is 1.86 bits per heavy atom. The van der Waals surface area contributed by atoms with Gasteiger partial charge in [0.15, 0.2) is 0 Å². The summed E-state index contributed by atoms with van der Waals surface area (Å²) in [7, 11) is -2.56. The molecule has 0 saturated heterocycles. The van der Waals surface area contributed by atoms with Gasteiger partial charge >= 0.3 is 5.97 Å². The van der Waals surface area contributed by atoms with Crippen molar-refractivity contribution < 1.29 is 22.7 Å². The number of halogens is 1. The topological polar surface area (TPSA) is 92.8 Å². The number of rotatable bonds is 7. The van der Waals surface area contributed by atoms with Crippen LogP contribution in [0.15, 0.2) is 48.5 Å². The van der Waals surface area contributed by atoms with E-state index < -0.39 is 27.9 Å². The second-order valence-corrected chi connectivity index (χ2v) is 8.29. The van der Waals surface area contributed by atoms with Crippen LogP contribution in [0.1, 0.15) is 23.7 Å². The van der Waals surface area contributed by atoms with Gasteiger partial charge in [-0.3, -0.25) is 9.10 Å². The van der Waals surface area contributed by atoms with Crippen molar-refractivity contribution in [3.8, 4) is 0 Å². The zero-order chi connectivity index (χ0) is 20.9. The molecule has 1 amide bonds. The van der Waals surface area contributed by atoms with Crippen molar-refractivity contribution in [3.05, 3.63) is 59.1 Å². The first-order valence-electron chi connectivity index (χ1n) is 8.42. The molecule has 0 aliphatic heterocycles. The monoisotopic (exact) mass is 424 g/mol. The van der Waals surface area contributed by atoms with E-state index in [1.807, 2.05) is 0 Å². The second-order valence-electron chi connectivity index (χ2n) is 5.99. The maximum Gasteiger partial charge on any atom is 0.339 e. The standard InChI is InChI=1S/C19H21ClN2O5S/c1-4-17(22(28(3,25)26)14-9-7-8-13(20)12-14)18(23)21-16-11-6-5-10-15(16)19(24)27-2/h5-12,17H,4H2,1-3H3,(H,21,23)/t17-/m0/s1. The molecule has 2 rings (SSSR count). The fourth-order valence-corrected chi connectivity index (χ4v) is 4.16. The number of methoxy groups -OCH3 is 1. The van der Waals surface area contributed by atoms with Crippen LogP contribution in [-0.2, 0) is 19.6 Å². The summed E-state index contributed by atoms with van der Waals surface area (Å²) in [6.45, 7) is 1.69. The predicted molar refractivity (Wildman–Crippen MR) is 109 cm³/mol. The number of benzene rings is 2. The molecule has 0 spiro atoms. The molecule has 0 saturated carbocycles. The number of amides is 1. The number of carbonyl (C=O) groups is 2. The van der Waals surface area contributed by atoms with Gasteiger partial charge in [-0.1, -0.05) is 36.7 Å². The van der Waals surface area contributed by atoms with E-state index in [4.69, 9.17) is 16.3 Å². The van der Waals surface area contributed by atoms with Crippen molar-refractivity contribution in [2.24, 2.45) is 0 Å². The Kier molecular flexibility index (Phi) is 7.04. The first kappa shape index (κ1) is 21.7. The SMILES string of the molecule is CC[C@@H](C(=O)Nc1ccccc1C(=O)OC)N(c1cccc(Cl)c1)S(C)(=O)=O. The van der Waals surface area contributed by atoms with E-state index in [0.717, 1.165) is 10.6 Å². The molecule has 28 heavy (non-hydrogen) atoms. The summed E-state index contributed by atoms with van der Waals surface area (Å²) in [5.41, 5.74) is 0.678. The Morgan fingerprint density at radius 1 is 1.18 bits per heavy atom. The molecule has 7 nitrogen and oxygen atoms in total. The molecule has 0 radical (unpaired) electrons. The summed E-state index contributed by atoms with van der Waals surface area (Å²) in [6, 6.07) is 11.5. The summed E-state index contributed by atoms with van der Waals surface area (Å²) >= 11 is 5.99. The summed E-state index contributed by atoms with van der Waals surface area (Å²) in [4.78, 5) is 24.9. The molecule has 0 heterocycles. The highest BCUT2D eigenvalue weighted by Crippen LogP contribution is 2.26. The molecule has 0 aliphatic carbocycles. The fourth-order valence-electron chi connectivity index (χ4n) is 2.77. The number of anilines is 2. The zero-order valence-corrected chi connectivity index (χ0v) is 17.3. The van der Waals surface area contributed by atoms with Gasteiger partial charge in [0.1, 0.15) is 6.04 Å². The smallest absolute Gasteiger partial charge is 0.339 e. The van der Waals surface area contributed by atoms with Gasteiger partial charge in [0, 0.05) is 5.02 Å². The number of nitrogens with zero attached hydrogens (tertiary/aromatic N) is 1. The third-order valence-electron chi connectivity index (χ3n) is 3.98. The largest absolute Gasteiger partial charge is 0.465 e. The average molecular weight is 425 g/mol. The van der Waals surface area contributed by atoms with Crippen LogP contribution in [-0.4, -0.2) is 39.7 Å². The molecule has 0 fully saturated rings. The molecule has 0 unspecified atom stereocenters. The number of hydrogen-bond donors (Lipinski definition) is 1. The summed E-state index contributed by atoms with van der Waals surface area (Å²) in [6.07, 6.45) is 1.22. The van der Waals surface area contributed by atoms with Crippen LogP contribution in [0, 0.1) is 0 Å². The van der Waals surface area contributed by atoms with Crippen molar-refractivity contribution >= 4 is 44.9 Å². The van der Waals surface area contributed by atoms with E-state index in [0.29, 0.717) is 5.02 Å². The number of para-hydroxylation sites is 1. The summed E-state index contributed by atoms with van der Waals surface area (Å²) < 4.78 is 30.6. The number of nitrogens with one attached hydrogen (secondary N) is 1.